The summed E-state index contributed by atoms with van der Waals surface area (Å²) < 4.78 is 40.8. The number of amides is 1. The molecule has 0 saturated carbocycles. The third-order valence-corrected chi connectivity index (χ3v) is 2.26. The van der Waals surface area contributed by atoms with E-state index in [1.165, 1.54) is 19.2 Å². The Morgan fingerprint density at radius 3 is 2.68 bits per heavy atom. The van der Waals surface area contributed by atoms with Gasteiger partial charge >= 0.3 is 6.36 Å². The molecule has 1 aromatic heterocycles. The van der Waals surface area contributed by atoms with Crippen molar-refractivity contribution in [3.63, 3.8) is 0 Å². The number of nitrogens with one attached hydrogen (secondary N) is 1. The Bertz CT molecular complexity index is 626. The number of halogens is 3. The van der Waals surface area contributed by atoms with Crippen molar-refractivity contribution in [2.45, 2.75) is 13.3 Å². The maximum atomic E-state index is 12.3. The van der Waals surface area contributed by atoms with Crippen LogP contribution in [0, 0.1) is 0 Å². The fourth-order valence-electron chi connectivity index (χ4n) is 1.63. The minimum absolute atomic E-state index is 0.0945. The van der Waals surface area contributed by atoms with Crippen LogP contribution in [0.5, 0.6) is 5.75 Å². The minimum Gasteiger partial charge on any atom is -0.403 e. The average molecular weight is 270 g/mol. The molecule has 0 radical (unpaired) electrons. The Kier molecular flexibility index (Phi) is 3.28. The summed E-state index contributed by atoms with van der Waals surface area (Å²) in [7, 11) is 0. The lowest BCUT2D eigenvalue weighted by Gasteiger charge is -2.14. The average Bonchev–Trinajstić information content (AvgIpc) is 2.30. The predicted molar refractivity (Wildman–Crippen MR) is 62.7 cm³/mol. The highest BCUT2D eigenvalue weighted by molar-refractivity contribution is 6.02. The number of carbonyl (C=O) groups is 1. The zero-order valence-corrected chi connectivity index (χ0v) is 9.78. The van der Waals surface area contributed by atoms with Gasteiger partial charge in [-0.3, -0.25) is 9.78 Å². The molecule has 0 aliphatic carbocycles. The summed E-state index contributed by atoms with van der Waals surface area (Å²) in [6.07, 6.45) is -3.42. The lowest BCUT2D eigenvalue weighted by Crippen LogP contribution is -2.19. The lowest BCUT2D eigenvalue weighted by atomic mass is 10.1. The molecule has 0 aliphatic rings. The zero-order chi connectivity index (χ0) is 14.0. The van der Waals surface area contributed by atoms with E-state index in [-0.39, 0.29) is 11.2 Å². The van der Waals surface area contributed by atoms with E-state index in [0.29, 0.717) is 5.39 Å². The summed E-state index contributed by atoms with van der Waals surface area (Å²) in [6, 6.07) is 5.90. The van der Waals surface area contributed by atoms with Crippen molar-refractivity contribution in [3.05, 3.63) is 30.5 Å². The number of rotatable bonds is 2. The molecule has 100 valence electrons. The zero-order valence-electron chi connectivity index (χ0n) is 9.78. The van der Waals surface area contributed by atoms with Crippen molar-refractivity contribution in [1.82, 2.24) is 4.98 Å². The van der Waals surface area contributed by atoms with Gasteiger partial charge in [-0.25, -0.2) is 0 Å². The number of alkyl halides is 3. The number of fused-ring (bicyclic) bond motifs is 1. The van der Waals surface area contributed by atoms with E-state index in [4.69, 9.17) is 0 Å². The van der Waals surface area contributed by atoms with Gasteiger partial charge in [0.1, 0.15) is 5.69 Å². The Morgan fingerprint density at radius 1 is 1.32 bits per heavy atom. The van der Waals surface area contributed by atoms with Gasteiger partial charge in [-0.15, -0.1) is 13.2 Å². The molecule has 2 rings (SSSR count). The van der Waals surface area contributed by atoms with E-state index >= 15 is 0 Å². The van der Waals surface area contributed by atoms with Gasteiger partial charge in [0.15, 0.2) is 5.75 Å². The third kappa shape index (κ3) is 3.12. The van der Waals surface area contributed by atoms with Crippen LogP contribution in [-0.2, 0) is 4.79 Å². The van der Waals surface area contributed by atoms with Crippen LogP contribution >= 0.6 is 0 Å². The highest BCUT2D eigenvalue weighted by atomic mass is 19.4. The van der Waals surface area contributed by atoms with Gasteiger partial charge in [0.25, 0.3) is 0 Å². The number of aromatic nitrogens is 1. The Hall–Kier alpha value is -2.31. The molecule has 4 nitrogen and oxygen atoms in total. The van der Waals surface area contributed by atoms with Gasteiger partial charge in [-0.1, -0.05) is 6.07 Å². The summed E-state index contributed by atoms with van der Waals surface area (Å²) in [4.78, 5) is 15.1. The van der Waals surface area contributed by atoms with E-state index in [2.05, 4.69) is 15.0 Å². The molecule has 1 aromatic carbocycles. The van der Waals surface area contributed by atoms with Crippen LogP contribution in [0.3, 0.4) is 0 Å². The minimum atomic E-state index is -4.84. The van der Waals surface area contributed by atoms with E-state index in [1.54, 1.807) is 12.1 Å². The molecule has 0 bridgehead atoms. The van der Waals surface area contributed by atoms with Crippen molar-refractivity contribution in [1.29, 1.82) is 0 Å². The van der Waals surface area contributed by atoms with Crippen molar-refractivity contribution < 1.29 is 22.7 Å². The smallest absolute Gasteiger partial charge is 0.403 e. The van der Waals surface area contributed by atoms with Crippen LogP contribution < -0.4 is 10.1 Å². The highest BCUT2D eigenvalue weighted by Crippen LogP contribution is 2.35. The van der Waals surface area contributed by atoms with Crippen LogP contribution in [0.2, 0.25) is 0 Å². The van der Waals surface area contributed by atoms with Gasteiger partial charge in [0, 0.05) is 18.5 Å². The van der Waals surface area contributed by atoms with E-state index in [1.807, 2.05) is 0 Å². The van der Waals surface area contributed by atoms with Crippen LogP contribution in [0.25, 0.3) is 10.9 Å². The van der Waals surface area contributed by atoms with Gasteiger partial charge in [-0.2, -0.15) is 0 Å². The standard InChI is InChI=1S/C12H9F3N2O2/c1-7(18)17-11-9(19-12(13,14)15)5-4-8-3-2-6-16-10(8)11/h2-6H,1H3,(H,17,18). The number of anilines is 1. The van der Waals surface area contributed by atoms with Gasteiger partial charge in [-0.05, 0) is 18.2 Å². The maximum Gasteiger partial charge on any atom is 0.573 e. The number of carbonyl (C=O) groups excluding carboxylic acids is 1. The predicted octanol–water partition coefficient (Wildman–Crippen LogP) is 3.09. The summed E-state index contributed by atoms with van der Waals surface area (Å²) in [6.45, 7) is 1.19. The number of nitrogens with zero attached hydrogens (tertiary/aromatic N) is 1. The fraction of sp³-hybridized carbons (Fsp3) is 0.167. The quantitative estimate of drug-likeness (QED) is 0.912. The molecule has 0 saturated heterocycles. The number of ether oxygens (including phenoxy) is 1. The number of pyridine rings is 1. The largest absolute Gasteiger partial charge is 0.573 e. The summed E-state index contributed by atoms with van der Waals surface area (Å²) >= 11 is 0. The van der Waals surface area contributed by atoms with Crippen molar-refractivity contribution in [2.24, 2.45) is 0 Å². The van der Waals surface area contributed by atoms with E-state index in [9.17, 15) is 18.0 Å². The second-order valence-electron chi connectivity index (χ2n) is 3.74. The molecule has 0 aliphatic heterocycles. The highest BCUT2D eigenvalue weighted by Gasteiger charge is 2.32. The van der Waals surface area contributed by atoms with Crippen LogP contribution in [0.4, 0.5) is 18.9 Å². The Labute approximate surface area is 106 Å². The Morgan fingerprint density at radius 2 is 2.05 bits per heavy atom. The van der Waals surface area contributed by atoms with Gasteiger partial charge in [0.2, 0.25) is 5.91 Å². The SMILES string of the molecule is CC(=O)Nc1c(OC(F)(F)F)ccc2cccnc12. The summed E-state index contributed by atoms with van der Waals surface area (Å²) in [5, 5.41) is 2.91. The first kappa shape index (κ1) is 13.1. The molecule has 2 aromatic rings. The summed E-state index contributed by atoms with van der Waals surface area (Å²) in [5.41, 5.74) is 0.141. The molecule has 1 heterocycles. The number of hydrogen-bond acceptors (Lipinski definition) is 3. The molecule has 0 unspecified atom stereocenters. The van der Waals surface area contributed by atoms with Gasteiger partial charge in [0.05, 0.1) is 5.52 Å². The monoisotopic (exact) mass is 270 g/mol. The molecular formula is C12H9F3N2O2. The second kappa shape index (κ2) is 4.75. The van der Waals surface area contributed by atoms with Crippen LogP contribution in [0.15, 0.2) is 30.5 Å². The molecule has 1 amide bonds. The van der Waals surface area contributed by atoms with Crippen molar-refractivity contribution in [2.75, 3.05) is 5.32 Å². The first-order valence-corrected chi connectivity index (χ1v) is 5.28. The van der Waals surface area contributed by atoms with E-state index < -0.39 is 18.0 Å². The van der Waals surface area contributed by atoms with Crippen LogP contribution in [0.1, 0.15) is 6.92 Å². The van der Waals surface area contributed by atoms with Crippen LogP contribution in [-0.4, -0.2) is 17.3 Å². The molecule has 1 N–H and O–H groups in total. The molecule has 19 heavy (non-hydrogen) atoms. The molecular weight excluding hydrogens is 261 g/mol. The molecule has 0 fully saturated rings. The Balaban J connectivity index is 2.59. The van der Waals surface area contributed by atoms with Crippen molar-refractivity contribution in [3.8, 4) is 5.75 Å². The molecule has 0 spiro atoms. The maximum absolute atomic E-state index is 12.3. The second-order valence-corrected chi connectivity index (χ2v) is 3.74. The topological polar surface area (TPSA) is 51.2 Å². The fourth-order valence-corrected chi connectivity index (χ4v) is 1.63. The first-order valence-electron chi connectivity index (χ1n) is 5.28. The first-order chi connectivity index (χ1) is 8.87. The lowest BCUT2D eigenvalue weighted by molar-refractivity contribution is -0.274. The molecule has 7 heteroatoms. The molecule has 0 atom stereocenters. The number of benzene rings is 1. The van der Waals surface area contributed by atoms with Crippen molar-refractivity contribution >= 4 is 22.5 Å². The van der Waals surface area contributed by atoms with E-state index in [0.717, 1.165) is 6.07 Å². The summed E-state index contributed by atoms with van der Waals surface area (Å²) in [5.74, 6) is -1.00. The third-order valence-electron chi connectivity index (χ3n) is 2.26. The normalized spacial score (nSPS) is 11.4. The van der Waals surface area contributed by atoms with Gasteiger partial charge < -0.3 is 10.1 Å². The number of hydrogen-bond donors (Lipinski definition) is 1.